The molecule has 0 radical (unpaired) electrons. The molecule has 0 spiro atoms. The van der Waals surface area contributed by atoms with Crippen LogP contribution in [0.1, 0.15) is 20.8 Å². The molecule has 35 heavy (non-hydrogen) atoms. The predicted octanol–water partition coefficient (Wildman–Crippen LogP) is 4.15. The first-order chi connectivity index (χ1) is 16.8. The molecule has 0 aliphatic carbocycles. The summed E-state index contributed by atoms with van der Waals surface area (Å²) in [4.78, 5) is 30.8. The number of rotatable bonds is 7. The fourth-order valence-electron chi connectivity index (χ4n) is 4.58. The molecular weight excluding hydrogens is 446 g/mol. The Morgan fingerprint density at radius 1 is 1.03 bits per heavy atom. The maximum Gasteiger partial charge on any atom is 0.267 e. The largest absolute Gasteiger partial charge is 0.493 e. The Kier molecular flexibility index (Phi) is 5.59. The summed E-state index contributed by atoms with van der Waals surface area (Å²) in [6.45, 7) is 6.39. The van der Waals surface area contributed by atoms with Crippen LogP contribution in [0.3, 0.4) is 0 Å². The van der Waals surface area contributed by atoms with E-state index in [1.807, 2.05) is 38.1 Å². The molecule has 0 saturated heterocycles. The normalized spacial score (nSPS) is 12.6. The van der Waals surface area contributed by atoms with Crippen LogP contribution in [0.15, 0.2) is 47.4 Å². The van der Waals surface area contributed by atoms with Crippen molar-refractivity contribution in [3.8, 4) is 17.2 Å². The van der Waals surface area contributed by atoms with Gasteiger partial charge in [-0.2, -0.15) is 0 Å². The number of nitrogens with zero attached hydrogens (tertiary/aromatic N) is 2. The number of fused-ring (bicyclic) bond motifs is 5. The molecule has 0 saturated carbocycles. The average Bonchev–Trinajstić information content (AvgIpc) is 3.19. The summed E-state index contributed by atoms with van der Waals surface area (Å²) >= 11 is 0. The molecule has 8 nitrogen and oxygen atoms in total. The summed E-state index contributed by atoms with van der Waals surface area (Å²) in [6.07, 6.45) is 1.07. The van der Waals surface area contributed by atoms with Crippen molar-refractivity contribution in [3.63, 3.8) is 0 Å². The van der Waals surface area contributed by atoms with Gasteiger partial charge in [0.25, 0.3) is 11.5 Å². The van der Waals surface area contributed by atoms with Crippen molar-refractivity contribution in [2.75, 3.05) is 20.8 Å². The number of methoxy groups -OCH3 is 2. The summed E-state index contributed by atoms with van der Waals surface area (Å²) in [6, 6.07) is 11.0. The molecule has 5 aromatic rings. The van der Waals surface area contributed by atoms with E-state index in [4.69, 9.17) is 14.2 Å². The summed E-state index contributed by atoms with van der Waals surface area (Å²) in [5.74, 6) is 1.59. The fourth-order valence-corrected chi connectivity index (χ4v) is 4.58. The summed E-state index contributed by atoms with van der Waals surface area (Å²) < 4.78 is 18.6. The second-order valence-electron chi connectivity index (χ2n) is 9.00. The van der Waals surface area contributed by atoms with Crippen molar-refractivity contribution < 1.29 is 19.0 Å². The molecule has 3 heterocycles. The zero-order chi connectivity index (χ0) is 24.9. The van der Waals surface area contributed by atoms with E-state index in [2.05, 4.69) is 10.3 Å². The van der Waals surface area contributed by atoms with E-state index in [-0.39, 0.29) is 11.5 Å². The highest BCUT2D eigenvalue weighted by atomic mass is 16.5. The Morgan fingerprint density at radius 2 is 1.83 bits per heavy atom. The van der Waals surface area contributed by atoms with Crippen molar-refractivity contribution in [1.82, 2.24) is 14.7 Å². The van der Waals surface area contributed by atoms with Gasteiger partial charge in [-0.3, -0.25) is 19.0 Å². The second-order valence-corrected chi connectivity index (χ2v) is 9.00. The van der Waals surface area contributed by atoms with E-state index in [0.717, 1.165) is 21.8 Å². The Hall–Kier alpha value is -4.07. The molecule has 1 amide bonds. The Balaban J connectivity index is 1.71. The van der Waals surface area contributed by atoms with Crippen LogP contribution in [0, 0.1) is 5.92 Å². The van der Waals surface area contributed by atoms with Gasteiger partial charge in [0.2, 0.25) is 0 Å². The van der Waals surface area contributed by atoms with Crippen molar-refractivity contribution in [2.24, 2.45) is 5.92 Å². The summed E-state index contributed by atoms with van der Waals surface area (Å²) in [5, 5.41) is 5.71. The van der Waals surface area contributed by atoms with Crippen LogP contribution in [-0.4, -0.2) is 42.2 Å². The van der Waals surface area contributed by atoms with E-state index in [9.17, 15) is 9.59 Å². The minimum Gasteiger partial charge on any atom is -0.493 e. The van der Waals surface area contributed by atoms with Crippen LogP contribution in [0.2, 0.25) is 0 Å². The third-order valence-corrected chi connectivity index (χ3v) is 6.23. The van der Waals surface area contributed by atoms with Gasteiger partial charge in [-0.05, 0) is 49.2 Å². The molecule has 1 N–H and O–H groups in total. The van der Waals surface area contributed by atoms with E-state index in [1.165, 1.54) is 7.11 Å². The van der Waals surface area contributed by atoms with Crippen molar-refractivity contribution in [1.29, 1.82) is 0 Å². The standard InChI is InChI=1S/C27H27N3O5/c1-14(2)13-29-26(31)15(3)35-16-6-8-20-19(12-16)17-10-11-28-23-18-7-9-21(33-4)25(34-5)22(18)27(32)30(20)24(17)23/h6-12,14-15H,13H2,1-5H3,(H,29,31)/t15-/m0/s1. The monoisotopic (exact) mass is 473 g/mol. The van der Waals surface area contributed by atoms with Crippen molar-refractivity contribution in [2.45, 2.75) is 26.9 Å². The lowest BCUT2D eigenvalue weighted by molar-refractivity contribution is -0.127. The average molecular weight is 474 g/mol. The number of amides is 1. The number of pyridine rings is 2. The van der Waals surface area contributed by atoms with Gasteiger partial charge < -0.3 is 19.5 Å². The first-order valence-electron chi connectivity index (χ1n) is 11.5. The molecular formula is C27H27N3O5. The van der Waals surface area contributed by atoms with Gasteiger partial charge in [0.1, 0.15) is 5.75 Å². The van der Waals surface area contributed by atoms with E-state index < -0.39 is 6.10 Å². The van der Waals surface area contributed by atoms with E-state index in [1.54, 1.807) is 36.8 Å². The van der Waals surface area contributed by atoms with Crippen LogP contribution in [-0.2, 0) is 4.79 Å². The van der Waals surface area contributed by atoms with Gasteiger partial charge in [0.15, 0.2) is 17.6 Å². The van der Waals surface area contributed by atoms with Gasteiger partial charge >= 0.3 is 0 Å². The van der Waals surface area contributed by atoms with Crippen LogP contribution >= 0.6 is 0 Å². The van der Waals surface area contributed by atoms with Crippen molar-refractivity contribution in [3.05, 3.63) is 52.9 Å². The third kappa shape index (κ3) is 3.56. The van der Waals surface area contributed by atoms with Crippen LogP contribution in [0.25, 0.3) is 38.1 Å². The highest BCUT2D eigenvalue weighted by Crippen LogP contribution is 2.39. The molecule has 0 aliphatic rings. The number of carbonyl (C=O) groups is 1. The molecule has 8 heteroatoms. The first kappa shape index (κ1) is 22.7. The smallest absolute Gasteiger partial charge is 0.267 e. The zero-order valence-corrected chi connectivity index (χ0v) is 20.3. The maximum atomic E-state index is 13.8. The minimum absolute atomic E-state index is 0.169. The van der Waals surface area contributed by atoms with Crippen LogP contribution in [0.4, 0.5) is 0 Å². The predicted molar refractivity (Wildman–Crippen MR) is 136 cm³/mol. The van der Waals surface area contributed by atoms with Crippen LogP contribution in [0.5, 0.6) is 17.2 Å². The number of benzene rings is 2. The van der Waals surface area contributed by atoms with Crippen LogP contribution < -0.4 is 25.1 Å². The molecule has 5 rings (SSSR count). The Bertz CT molecular complexity index is 1640. The van der Waals surface area contributed by atoms with Gasteiger partial charge in [0.05, 0.1) is 36.2 Å². The molecule has 2 aromatic carbocycles. The highest BCUT2D eigenvalue weighted by Gasteiger charge is 2.23. The molecule has 180 valence electrons. The molecule has 3 aromatic heterocycles. The first-order valence-corrected chi connectivity index (χ1v) is 11.5. The zero-order valence-electron chi connectivity index (χ0n) is 20.3. The van der Waals surface area contributed by atoms with Gasteiger partial charge in [-0.25, -0.2) is 0 Å². The molecule has 0 unspecified atom stereocenters. The highest BCUT2D eigenvalue weighted by molar-refractivity contribution is 6.19. The SMILES string of the molecule is COc1ccc2c(c1OC)c(=O)n1c3ccc(O[C@@H](C)C(=O)NCC(C)C)cc3c3ccnc2c31. The minimum atomic E-state index is -0.657. The lowest BCUT2D eigenvalue weighted by Crippen LogP contribution is -2.38. The number of nitrogens with one attached hydrogen (secondary N) is 1. The van der Waals surface area contributed by atoms with E-state index >= 15 is 0 Å². The summed E-state index contributed by atoms with van der Waals surface area (Å²) in [7, 11) is 3.06. The Labute approximate surface area is 201 Å². The number of carbonyl (C=O) groups excluding carboxylic acids is 1. The van der Waals surface area contributed by atoms with Gasteiger partial charge in [-0.1, -0.05) is 13.8 Å². The van der Waals surface area contributed by atoms with Gasteiger partial charge in [-0.15, -0.1) is 0 Å². The molecule has 0 bridgehead atoms. The molecule has 0 aliphatic heterocycles. The fraction of sp³-hybridized carbons (Fsp3) is 0.296. The maximum absolute atomic E-state index is 13.8. The van der Waals surface area contributed by atoms with Crippen molar-refractivity contribution >= 4 is 44.0 Å². The number of ether oxygens (including phenoxy) is 3. The number of hydrogen-bond donors (Lipinski definition) is 1. The van der Waals surface area contributed by atoms with Gasteiger partial charge in [0, 0.05) is 28.9 Å². The lowest BCUT2D eigenvalue weighted by Gasteiger charge is -2.15. The summed E-state index contributed by atoms with van der Waals surface area (Å²) in [5.41, 5.74) is 1.93. The Morgan fingerprint density at radius 3 is 2.54 bits per heavy atom. The molecule has 0 fully saturated rings. The molecule has 1 atom stereocenters. The lowest BCUT2D eigenvalue weighted by atomic mass is 10.1. The third-order valence-electron chi connectivity index (χ3n) is 6.23. The second kappa shape index (κ2) is 8.61. The van der Waals surface area contributed by atoms with E-state index in [0.29, 0.717) is 46.0 Å². The topological polar surface area (TPSA) is 91.2 Å². The quantitative estimate of drug-likeness (QED) is 0.357. The number of aromatic nitrogens is 2. The number of hydrogen-bond acceptors (Lipinski definition) is 6.